The van der Waals surface area contributed by atoms with E-state index in [0.29, 0.717) is 11.8 Å². The number of carbonyl (C=O) groups is 5. The SMILES string of the molecule is COc1ccc2cc([C@H](C)C(=O)SCC(NC(C)=O)C(=O)SCC(NC(C)=O)C(=O)O)ccc2c1. The fourth-order valence-corrected chi connectivity index (χ4v) is 5.12. The van der Waals surface area contributed by atoms with Gasteiger partial charge in [-0.25, -0.2) is 4.79 Å². The molecule has 188 valence electrons. The summed E-state index contributed by atoms with van der Waals surface area (Å²) in [6.45, 7) is 4.20. The van der Waals surface area contributed by atoms with Crippen molar-refractivity contribution in [3.05, 3.63) is 42.0 Å². The molecule has 2 unspecified atom stereocenters. The van der Waals surface area contributed by atoms with Gasteiger partial charge in [0.05, 0.1) is 13.0 Å². The highest BCUT2D eigenvalue weighted by molar-refractivity contribution is 8.15. The van der Waals surface area contributed by atoms with Crippen molar-refractivity contribution < 1.29 is 33.8 Å². The predicted octanol–water partition coefficient (Wildman–Crippen LogP) is 2.57. The Labute approximate surface area is 211 Å². The van der Waals surface area contributed by atoms with E-state index >= 15 is 0 Å². The van der Waals surface area contributed by atoms with Crippen molar-refractivity contribution in [2.45, 2.75) is 38.8 Å². The Morgan fingerprint density at radius 3 is 2.00 bits per heavy atom. The zero-order chi connectivity index (χ0) is 26.1. The molecule has 3 atom stereocenters. The van der Waals surface area contributed by atoms with Crippen LogP contribution in [0, 0.1) is 0 Å². The van der Waals surface area contributed by atoms with E-state index < -0.39 is 40.9 Å². The molecule has 11 heteroatoms. The number of ether oxygens (including phenoxy) is 1. The number of aliphatic carboxylic acids is 1. The van der Waals surface area contributed by atoms with Crippen LogP contribution in [-0.4, -0.2) is 63.8 Å². The molecule has 9 nitrogen and oxygen atoms in total. The van der Waals surface area contributed by atoms with Gasteiger partial charge in [0.25, 0.3) is 0 Å². The second-order valence-electron chi connectivity index (χ2n) is 7.80. The van der Waals surface area contributed by atoms with Gasteiger partial charge in [0.1, 0.15) is 17.8 Å². The van der Waals surface area contributed by atoms with Crippen LogP contribution < -0.4 is 15.4 Å². The molecule has 0 saturated carbocycles. The van der Waals surface area contributed by atoms with Crippen molar-refractivity contribution in [2.24, 2.45) is 0 Å². The third kappa shape index (κ3) is 8.59. The van der Waals surface area contributed by atoms with E-state index in [2.05, 4.69) is 10.6 Å². The molecule has 3 N–H and O–H groups in total. The summed E-state index contributed by atoms with van der Waals surface area (Å²) < 4.78 is 5.23. The average molecular weight is 521 g/mol. The lowest BCUT2D eigenvalue weighted by Crippen LogP contribution is -2.44. The number of fused-ring (bicyclic) bond motifs is 1. The maximum absolute atomic E-state index is 12.9. The number of benzene rings is 2. The second-order valence-corrected chi connectivity index (χ2v) is 9.85. The predicted molar refractivity (Wildman–Crippen MR) is 137 cm³/mol. The van der Waals surface area contributed by atoms with E-state index in [4.69, 9.17) is 4.74 Å². The fourth-order valence-electron chi connectivity index (χ4n) is 3.17. The molecule has 0 spiro atoms. The van der Waals surface area contributed by atoms with Gasteiger partial charge in [-0.1, -0.05) is 54.7 Å². The standard InChI is InChI=1S/C24H28N2O7S2/c1-13(16-5-6-18-10-19(33-4)8-7-17(18)9-16)23(31)34-12-21(26-15(3)28)24(32)35-11-20(22(29)30)25-14(2)27/h5-10,13,20-21H,11-12H2,1-4H3,(H,25,27)(H,26,28)(H,29,30)/t13-,20?,21?/m0/s1. The zero-order valence-corrected chi connectivity index (χ0v) is 21.5. The summed E-state index contributed by atoms with van der Waals surface area (Å²) >= 11 is 1.61. The van der Waals surface area contributed by atoms with Crippen molar-refractivity contribution in [1.82, 2.24) is 10.6 Å². The highest BCUT2D eigenvalue weighted by Crippen LogP contribution is 2.28. The number of carboxylic acids is 1. The normalized spacial score (nSPS) is 13.4. The minimum Gasteiger partial charge on any atom is -0.497 e. The Balaban J connectivity index is 2.03. The quantitative estimate of drug-likeness (QED) is 0.408. The summed E-state index contributed by atoms with van der Waals surface area (Å²) in [6.07, 6.45) is 0. The van der Waals surface area contributed by atoms with Crippen molar-refractivity contribution in [1.29, 1.82) is 0 Å². The van der Waals surface area contributed by atoms with Gasteiger partial charge in [0.15, 0.2) is 5.12 Å². The highest BCUT2D eigenvalue weighted by Gasteiger charge is 2.26. The minimum atomic E-state index is -1.27. The molecule has 2 amide bonds. The molecule has 2 aromatic rings. The number of rotatable bonds is 11. The number of carboxylic acid groups (broad SMARTS) is 1. The minimum absolute atomic E-state index is 0.00274. The van der Waals surface area contributed by atoms with Crippen LogP contribution in [-0.2, 0) is 24.0 Å². The first-order chi connectivity index (χ1) is 16.5. The fraction of sp³-hybridized carbons (Fsp3) is 0.375. The molecule has 0 aromatic heterocycles. The monoisotopic (exact) mass is 520 g/mol. The zero-order valence-electron chi connectivity index (χ0n) is 19.8. The molecule has 0 aliphatic rings. The number of hydrogen-bond acceptors (Lipinski definition) is 8. The summed E-state index contributed by atoms with van der Waals surface area (Å²) in [4.78, 5) is 59.5. The lowest BCUT2D eigenvalue weighted by molar-refractivity contribution is -0.140. The molecule has 0 radical (unpaired) electrons. The van der Waals surface area contributed by atoms with Crippen LogP contribution in [0.1, 0.15) is 32.3 Å². The average Bonchev–Trinajstić information content (AvgIpc) is 2.81. The van der Waals surface area contributed by atoms with Gasteiger partial charge in [-0.05, 0) is 28.5 Å². The largest absolute Gasteiger partial charge is 0.497 e. The van der Waals surface area contributed by atoms with Crippen LogP contribution in [0.5, 0.6) is 5.75 Å². The molecule has 2 aromatic carbocycles. The Morgan fingerprint density at radius 1 is 0.857 bits per heavy atom. The number of carbonyl (C=O) groups excluding carboxylic acids is 4. The molecule has 0 aliphatic heterocycles. The number of nitrogens with one attached hydrogen (secondary N) is 2. The van der Waals surface area contributed by atoms with Crippen LogP contribution >= 0.6 is 23.5 Å². The summed E-state index contributed by atoms with van der Waals surface area (Å²) in [5.74, 6) is -2.19. The van der Waals surface area contributed by atoms with E-state index in [1.165, 1.54) is 13.8 Å². The first-order valence-corrected chi connectivity index (χ1v) is 12.7. The molecular formula is C24H28N2O7S2. The number of hydrogen-bond donors (Lipinski definition) is 3. The van der Waals surface area contributed by atoms with Gasteiger partial charge in [-0.15, -0.1) is 0 Å². The summed E-state index contributed by atoms with van der Waals surface area (Å²) in [5, 5.41) is 15.2. The maximum Gasteiger partial charge on any atom is 0.327 e. The molecule has 0 aliphatic carbocycles. The van der Waals surface area contributed by atoms with Gasteiger partial charge in [-0.2, -0.15) is 0 Å². The second kappa shape index (κ2) is 13.1. The molecular weight excluding hydrogens is 492 g/mol. The molecule has 0 bridgehead atoms. The third-order valence-corrected chi connectivity index (χ3v) is 7.25. The summed E-state index contributed by atoms with van der Waals surface area (Å²) in [6, 6.07) is 9.13. The first-order valence-electron chi connectivity index (χ1n) is 10.7. The van der Waals surface area contributed by atoms with Crippen LogP contribution in [0.2, 0.25) is 0 Å². The summed E-state index contributed by atoms with van der Waals surface area (Å²) in [7, 11) is 1.60. The van der Waals surface area contributed by atoms with Crippen molar-refractivity contribution in [2.75, 3.05) is 18.6 Å². The molecule has 0 fully saturated rings. The van der Waals surface area contributed by atoms with Crippen molar-refractivity contribution in [3.63, 3.8) is 0 Å². The molecule has 0 saturated heterocycles. The Morgan fingerprint density at radius 2 is 1.40 bits per heavy atom. The molecule has 2 rings (SSSR count). The van der Waals surface area contributed by atoms with Crippen LogP contribution in [0.4, 0.5) is 0 Å². The third-order valence-electron chi connectivity index (χ3n) is 5.05. The van der Waals surface area contributed by atoms with Gasteiger partial charge < -0.3 is 20.5 Å². The van der Waals surface area contributed by atoms with Crippen molar-refractivity contribution in [3.8, 4) is 5.75 Å². The lowest BCUT2D eigenvalue weighted by atomic mass is 9.99. The van der Waals surface area contributed by atoms with E-state index in [0.717, 1.165) is 33.8 Å². The smallest absolute Gasteiger partial charge is 0.327 e. The van der Waals surface area contributed by atoms with E-state index in [1.807, 2.05) is 36.4 Å². The van der Waals surface area contributed by atoms with Crippen molar-refractivity contribution >= 4 is 62.3 Å². The number of thioether (sulfide) groups is 2. The van der Waals surface area contributed by atoms with Crippen LogP contribution in [0.15, 0.2) is 36.4 Å². The first kappa shape index (κ1) is 28.2. The van der Waals surface area contributed by atoms with Gasteiger partial charge in [0, 0.05) is 25.4 Å². The number of methoxy groups -OCH3 is 1. The lowest BCUT2D eigenvalue weighted by Gasteiger charge is -2.18. The van der Waals surface area contributed by atoms with Gasteiger partial charge >= 0.3 is 5.97 Å². The van der Waals surface area contributed by atoms with E-state index in [-0.39, 0.29) is 16.6 Å². The number of amides is 2. The highest BCUT2D eigenvalue weighted by atomic mass is 32.2. The maximum atomic E-state index is 12.9. The molecule has 35 heavy (non-hydrogen) atoms. The summed E-state index contributed by atoms with van der Waals surface area (Å²) in [5.41, 5.74) is 0.816. The van der Waals surface area contributed by atoms with E-state index in [1.54, 1.807) is 14.0 Å². The van der Waals surface area contributed by atoms with Gasteiger partial charge in [-0.3, -0.25) is 19.2 Å². The van der Waals surface area contributed by atoms with Gasteiger partial charge in [0.2, 0.25) is 16.9 Å². The Hall–Kier alpha value is -3.05. The topological polar surface area (TPSA) is 139 Å². The Kier molecular flexibility index (Phi) is 10.6. The van der Waals surface area contributed by atoms with Crippen LogP contribution in [0.25, 0.3) is 10.8 Å². The Bertz CT molecular complexity index is 1120. The van der Waals surface area contributed by atoms with E-state index in [9.17, 15) is 29.1 Å². The molecule has 0 heterocycles. The van der Waals surface area contributed by atoms with Crippen LogP contribution in [0.3, 0.4) is 0 Å².